The molecule has 3 aliphatic rings. The fraction of sp³-hybridized carbons (Fsp3) is 0.643. The molecular weight excluding hydrogens is 490 g/mol. The second-order valence-corrected chi connectivity index (χ2v) is 14.6. The number of piperidine rings is 1. The van der Waals surface area contributed by atoms with E-state index in [0.29, 0.717) is 35.8 Å². The molecule has 6 nitrogen and oxygen atoms in total. The molecule has 2 aliphatic carbocycles. The van der Waals surface area contributed by atoms with Crippen molar-refractivity contribution < 1.29 is 13.2 Å². The van der Waals surface area contributed by atoms with Gasteiger partial charge in [0.1, 0.15) is 5.69 Å². The zero-order valence-electron chi connectivity index (χ0n) is 21.8. The van der Waals surface area contributed by atoms with Crippen LogP contribution >= 0.6 is 11.3 Å². The minimum atomic E-state index is -3.51. The summed E-state index contributed by atoms with van der Waals surface area (Å²) >= 11 is 1.56. The van der Waals surface area contributed by atoms with Gasteiger partial charge in [-0.05, 0) is 61.6 Å². The van der Waals surface area contributed by atoms with E-state index in [4.69, 9.17) is 4.98 Å². The SMILES string of the molecule is CC(C)(C)c1ccc(S(=O)(=O)N2CCC(c3nc(C(=O)N(C4CCCCC4)C4CC4)cs3)CC2)cc1. The number of hydrogen-bond acceptors (Lipinski definition) is 5. The van der Waals surface area contributed by atoms with Crippen LogP contribution in [0.25, 0.3) is 0 Å². The van der Waals surface area contributed by atoms with Gasteiger partial charge >= 0.3 is 0 Å². The predicted octanol–water partition coefficient (Wildman–Crippen LogP) is 5.95. The van der Waals surface area contributed by atoms with Crippen LogP contribution in [0, 0.1) is 0 Å². The Balaban J connectivity index is 1.22. The van der Waals surface area contributed by atoms with Crippen LogP contribution in [0.15, 0.2) is 34.5 Å². The summed E-state index contributed by atoms with van der Waals surface area (Å²) in [7, 11) is -3.51. The van der Waals surface area contributed by atoms with Crippen LogP contribution in [-0.2, 0) is 15.4 Å². The van der Waals surface area contributed by atoms with Gasteiger partial charge in [-0.1, -0.05) is 52.2 Å². The summed E-state index contributed by atoms with van der Waals surface area (Å²) in [6.07, 6.45) is 9.63. The lowest BCUT2D eigenvalue weighted by molar-refractivity contribution is 0.0608. The van der Waals surface area contributed by atoms with Crippen molar-refractivity contribution in [2.24, 2.45) is 0 Å². The maximum atomic E-state index is 13.4. The quantitative estimate of drug-likeness (QED) is 0.464. The van der Waals surface area contributed by atoms with E-state index in [1.54, 1.807) is 27.8 Å². The van der Waals surface area contributed by atoms with Gasteiger partial charge in [0.2, 0.25) is 10.0 Å². The number of carbonyl (C=O) groups excluding carboxylic acids is 1. The zero-order valence-corrected chi connectivity index (χ0v) is 23.4. The Kier molecular flexibility index (Phi) is 7.31. The molecule has 36 heavy (non-hydrogen) atoms. The molecular formula is C28H39N3O3S2. The highest BCUT2D eigenvalue weighted by molar-refractivity contribution is 7.89. The second-order valence-electron chi connectivity index (χ2n) is 11.8. The van der Waals surface area contributed by atoms with Crippen LogP contribution in [0.2, 0.25) is 0 Å². The first-order chi connectivity index (χ1) is 17.1. The summed E-state index contributed by atoms with van der Waals surface area (Å²) in [4.78, 5) is 20.7. The van der Waals surface area contributed by atoms with Crippen molar-refractivity contribution in [2.45, 2.75) is 107 Å². The van der Waals surface area contributed by atoms with E-state index in [1.165, 1.54) is 19.3 Å². The minimum Gasteiger partial charge on any atom is -0.331 e. The van der Waals surface area contributed by atoms with Crippen molar-refractivity contribution in [3.05, 3.63) is 45.9 Å². The molecule has 196 valence electrons. The number of aromatic nitrogens is 1. The first-order valence-corrected chi connectivity index (χ1v) is 15.9. The Labute approximate surface area is 220 Å². The van der Waals surface area contributed by atoms with Crippen molar-refractivity contribution in [1.82, 2.24) is 14.2 Å². The van der Waals surface area contributed by atoms with E-state index in [0.717, 1.165) is 49.1 Å². The normalized spacial score (nSPS) is 21.0. The summed E-state index contributed by atoms with van der Waals surface area (Å²) in [6, 6.07) is 8.08. The van der Waals surface area contributed by atoms with Gasteiger partial charge in [-0.25, -0.2) is 13.4 Å². The average Bonchev–Trinajstić information content (AvgIpc) is 3.58. The van der Waals surface area contributed by atoms with Crippen LogP contribution in [0.5, 0.6) is 0 Å². The molecule has 0 N–H and O–H groups in total. The summed E-state index contributed by atoms with van der Waals surface area (Å²) in [5.41, 5.74) is 1.69. The highest BCUT2D eigenvalue weighted by Crippen LogP contribution is 2.37. The number of hydrogen-bond donors (Lipinski definition) is 0. The van der Waals surface area contributed by atoms with Gasteiger partial charge in [-0.15, -0.1) is 11.3 Å². The van der Waals surface area contributed by atoms with E-state index >= 15 is 0 Å². The van der Waals surface area contributed by atoms with Gasteiger partial charge < -0.3 is 4.90 Å². The lowest BCUT2D eigenvalue weighted by atomic mass is 9.87. The second kappa shape index (κ2) is 10.2. The largest absolute Gasteiger partial charge is 0.331 e. The van der Waals surface area contributed by atoms with E-state index in [-0.39, 0.29) is 17.2 Å². The fourth-order valence-electron chi connectivity index (χ4n) is 5.67. The van der Waals surface area contributed by atoms with Crippen LogP contribution < -0.4 is 0 Å². The molecule has 0 bridgehead atoms. The van der Waals surface area contributed by atoms with Gasteiger partial charge in [-0.2, -0.15) is 4.31 Å². The molecule has 2 heterocycles. The third-order valence-corrected chi connectivity index (χ3v) is 11.0. The summed E-state index contributed by atoms with van der Waals surface area (Å²) < 4.78 is 28.1. The molecule has 2 aromatic rings. The highest BCUT2D eigenvalue weighted by atomic mass is 32.2. The monoisotopic (exact) mass is 529 g/mol. The number of thiazole rings is 1. The molecule has 1 aliphatic heterocycles. The van der Waals surface area contributed by atoms with Crippen LogP contribution in [-0.4, -0.2) is 53.7 Å². The summed E-state index contributed by atoms with van der Waals surface area (Å²) in [5, 5.41) is 2.90. The van der Waals surface area contributed by atoms with Gasteiger partial charge in [0, 0.05) is 36.5 Å². The predicted molar refractivity (Wildman–Crippen MR) is 144 cm³/mol. The first-order valence-electron chi connectivity index (χ1n) is 13.5. The molecule has 5 rings (SSSR count). The number of amides is 1. The molecule has 1 saturated heterocycles. The van der Waals surface area contributed by atoms with Crippen LogP contribution in [0.4, 0.5) is 0 Å². The van der Waals surface area contributed by atoms with Gasteiger partial charge in [0.15, 0.2) is 0 Å². The highest BCUT2D eigenvalue weighted by Gasteiger charge is 2.39. The topological polar surface area (TPSA) is 70.6 Å². The zero-order chi connectivity index (χ0) is 25.5. The van der Waals surface area contributed by atoms with Gasteiger partial charge in [0.25, 0.3) is 5.91 Å². The summed E-state index contributed by atoms with van der Waals surface area (Å²) in [6.45, 7) is 7.33. The number of carbonyl (C=O) groups is 1. The summed E-state index contributed by atoms with van der Waals surface area (Å²) in [5.74, 6) is 0.306. The molecule has 0 unspecified atom stereocenters. The first kappa shape index (κ1) is 25.9. The molecule has 2 saturated carbocycles. The number of sulfonamides is 1. The minimum absolute atomic E-state index is 0.0132. The molecule has 1 aromatic heterocycles. The van der Waals surface area contributed by atoms with Crippen molar-refractivity contribution in [2.75, 3.05) is 13.1 Å². The lowest BCUT2D eigenvalue weighted by Gasteiger charge is -2.34. The third kappa shape index (κ3) is 5.41. The maximum absolute atomic E-state index is 13.4. The van der Waals surface area contributed by atoms with Crippen molar-refractivity contribution >= 4 is 27.3 Å². The Morgan fingerprint density at radius 1 is 0.944 bits per heavy atom. The standard InChI is InChI=1S/C28H39N3O3S2/c1-28(2,3)21-9-13-24(14-10-21)36(33,34)30-17-15-20(16-18-30)26-29-25(19-35-26)27(32)31(23-11-12-23)22-7-5-4-6-8-22/h9-10,13-14,19-20,22-23H,4-8,11-12,15-18H2,1-3H3. The smallest absolute Gasteiger partial charge is 0.273 e. The van der Waals surface area contributed by atoms with E-state index in [9.17, 15) is 13.2 Å². The molecule has 0 atom stereocenters. The van der Waals surface area contributed by atoms with E-state index in [2.05, 4.69) is 25.7 Å². The molecule has 3 fully saturated rings. The van der Waals surface area contributed by atoms with Gasteiger partial charge in [-0.3, -0.25) is 4.79 Å². The number of benzene rings is 1. The average molecular weight is 530 g/mol. The van der Waals surface area contributed by atoms with E-state index in [1.807, 2.05) is 17.5 Å². The van der Waals surface area contributed by atoms with Crippen molar-refractivity contribution in [3.63, 3.8) is 0 Å². The Morgan fingerprint density at radius 2 is 1.56 bits per heavy atom. The third-order valence-electron chi connectivity index (χ3n) is 8.05. The van der Waals surface area contributed by atoms with Crippen molar-refractivity contribution in [1.29, 1.82) is 0 Å². The molecule has 0 radical (unpaired) electrons. The Hall–Kier alpha value is -1.77. The molecule has 0 spiro atoms. The Bertz CT molecular complexity index is 1170. The van der Waals surface area contributed by atoms with E-state index < -0.39 is 10.0 Å². The number of nitrogens with zero attached hydrogens (tertiary/aromatic N) is 3. The molecule has 1 amide bonds. The Morgan fingerprint density at radius 3 is 2.14 bits per heavy atom. The van der Waals surface area contributed by atoms with Crippen molar-refractivity contribution in [3.8, 4) is 0 Å². The van der Waals surface area contributed by atoms with Gasteiger partial charge in [0.05, 0.1) is 9.90 Å². The maximum Gasteiger partial charge on any atom is 0.273 e. The fourth-order valence-corrected chi connectivity index (χ4v) is 8.10. The van der Waals surface area contributed by atoms with Crippen LogP contribution in [0.3, 0.4) is 0 Å². The molecule has 8 heteroatoms. The van der Waals surface area contributed by atoms with Crippen LogP contribution in [0.1, 0.15) is 106 Å². The number of rotatable bonds is 6. The molecule has 1 aromatic carbocycles. The lowest BCUT2D eigenvalue weighted by Crippen LogP contribution is -2.43.